The summed E-state index contributed by atoms with van der Waals surface area (Å²) in [6, 6.07) is 9.52. The fraction of sp³-hybridized carbons (Fsp3) is 0.667. The Labute approximate surface area is 175 Å². The third kappa shape index (κ3) is 10.5. The number of aliphatic hydroxyl groups excluding tert-OH is 1. The first-order chi connectivity index (χ1) is 13.8. The van der Waals surface area contributed by atoms with E-state index in [1.165, 1.54) is 0 Å². The largest absolute Gasteiger partial charge is 0.461 e. The van der Waals surface area contributed by atoms with Gasteiger partial charge in [-0.3, -0.25) is 9.59 Å². The molecule has 2 atom stereocenters. The van der Waals surface area contributed by atoms with Crippen LogP contribution in [0.5, 0.6) is 0 Å². The van der Waals surface area contributed by atoms with Crippen molar-refractivity contribution in [2.75, 3.05) is 6.61 Å². The van der Waals surface area contributed by atoms with Crippen LogP contribution in [0.3, 0.4) is 0 Å². The smallest absolute Gasteiger partial charge is 0.310 e. The van der Waals surface area contributed by atoms with E-state index in [9.17, 15) is 14.7 Å². The molecule has 0 spiro atoms. The first-order valence-corrected chi connectivity index (χ1v) is 10.8. The van der Waals surface area contributed by atoms with Crippen LogP contribution in [0.1, 0.15) is 78.2 Å². The molecule has 0 radical (unpaired) electrons. The Morgan fingerprint density at radius 2 is 1.55 bits per heavy atom. The lowest BCUT2D eigenvalue weighted by Gasteiger charge is -2.28. The predicted octanol–water partition coefficient (Wildman–Crippen LogP) is 5.05. The number of aliphatic hydroxyl groups is 1. The van der Waals surface area contributed by atoms with Crippen LogP contribution in [0, 0.1) is 11.8 Å². The zero-order valence-corrected chi connectivity index (χ0v) is 18.5. The molecule has 164 valence electrons. The molecule has 1 aromatic carbocycles. The van der Waals surface area contributed by atoms with Gasteiger partial charge in [0, 0.05) is 6.61 Å². The van der Waals surface area contributed by atoms with Crippen molar-refractivity contribution in [2.24, 2.45) is 11.8 Å². The highest BCUT2D eigenvalue weighted by Gasteiger charge is 2.36. The number of carbonyl (C=O) groups is 2. The van der Waals surface area contributed by atoms with Gasteiger partial charge < -0.3 is 14.6 Å². The monoisotopic (exact) mass is 406 g/mol. The highest BCUT2D eigenvalue weighted by Crippen LogP contribution is 2.28. The summed E-state index contributed by atoms with van der Waals surface area (Å²) in [6.07, 6.45) is 5.51. The minimum atomic E-state index is -0.630. The van der Waals surface area contributed by atoms with Gasteiger partial charge in [-0.25, -0.2) is 0 Å². The zero-order valence-electron chi connectivity index (χ0n) is 18.5. The van der Waals surface area contributed by atoms with E-state index in [2.05, 4.69) is 6.92 Å². The van der Waals surface area contributed by atoms with Crippen LogP contribution in [0.4, 0.5) is 0 Å². The maximum absolute atomic E-state index is 13.0. The molecule has 0 aliphatic heterocycles. The average Bonchev–Trinajstić information content (AvgIpc) is 2.67. The fourth-order valence-electron chi connectivity index (χ4n) is 3.28. The SMILES string of the molecule is CCCCCC[C@@H](C(=O)OCc1ccccc1)[C@H](CCCO)C(=O)OC(C)(C)C. The number of unbranched alkanes of at least 4 members (excludes halogenated alkanes) is 3. The van der Waals surface area contributed by atoms with Crippen molar-refractivity contribution in [3.8, 4) is 0 Å². The number of benzene rings is 1. The topological polar surface area (TPSA) is 72.8 Å². The van der Waals surface area contributed by atoms with Gasteiger partial charge in [-0.15, -0.1) is 0 Å². The molecular formula is C24H38O5. The molecule has 1 rings (SSSR count). The second-order valence-electron chi connectivity index (χ2n) is 8.55. The van der Waals surface area contributed by atoms with Gasteiger partial charge >= 0.3 is 11.9 Å². The Morgan fingerprint density at radius 3 is 2.14 bits per heavy atom. The van der Waals surface area contributed by atoms with Crippen LogP contribution in [0.2, 0.25) is 0 Å². The quantitative estimate of drug-likeness (QED) is 0.367. The number of esters is 2. The summed E-state index contributed by atoms with van der Waals surface area (Å²) in [5, 5.41) is 9.28. The lowest BCUT2D eigenvalue weighted by atomic mass is 9.84. The average molecular weight is 407 g/mol. The number of carbonyl (C=O) groups excluding carboxylic acids is 2. The minimum absolute atomic E-state index is 0.0269. The van der Waals surface area contributed by atoms with E-state index in [4.69, 9.17) is 9.47 Å². The standard InChI is InChI=1S/C24H38O5/c1-5-6-7-11-15-20(22(26)28-18-19-13-9-8-10-14-19)21(16-12-17-25)23(27)29-24(2,3)4/h8-10,13-14,20-21,25H,5-7,11-12,15-18H2,1-4H3/t20-,21+/m1/s1. The van der Waals surface area contributed by atoms with Gasteiger partial charge in [0.2, 0.25) is 0 Å². The lowest BCUT2D eigenvalue weighted by molar-refractivity contribution is -0.169. The van der Waals surface area contributed by atoms with E-state index >= 15 is 0 Å². The maximum Gasteiger partial charge on any atom is 0.310 e. The van der Waals surface area contributed by atoms with Crippen molar-refractivity contribution in [2.45, 2.75) is 84.8 Å². The third-order valence-corrected chi connectivity index (χ3v) is 4.76. The van der Waals surface area contributed by atoms with Crippen molar-refractivity contribution < 1.29 is 24.2 Å². The van der Waals surface area contributed by atoms with Crippen molar-refractivity contribution >= 4 is 11.9 Å². The fourth-order valence-corrected chi connectivity index (χ4v) is 3.28. The molecule has 0 fully saturated rings. The predicted molar refractivity (Wildman–Crippen MR) is 114 cm³/mol. The zero-order chi connectivity index (χ0) is 21.7. The summed E-state index contributed by atoms with van der Waals surface area (Å²) in [5.41, 5.74) is 0.282. The highest BCUT2D eigenvalue weighted by molar-refractivity contribution is 5.82. The summed E-state index contributed by atoms with van der Waals surface area (Å²) in [6.45, 7) is 7.75. The van der Waals surface area contributed by atoms with Crippen LogP contribution < -0.4 is 0 Å². The second kappa shape index (κ2) is 13.4. The van der Waals surface area contributed by atoms with E-state index in [1.54, 1.807) is 0 Å². The Hall–Kier alpha value is -1.88. The summed E-state index contributed by atoms with van der Waals surface area (Å²) in [4.78, 5) is 25.8. The molecule has 0 amide bonds. The summed E-state index contributed by atoms with van der Waals surface area (Å²) >= 11 is 0. The molecular weight excluding hydrogens is 368 g/mol. The first kappa shape index (κ1) is 25.2. The van der Waals surface area contributed by atoms with Crippen LogP contribution in [0.25, 0.3) is 0 Å². The molecule has 0 heterocycles. The molecule has 0 bridgehead atoms. The lowest BCUT2D eigenvalue weighted by Crippen LogP contribution is -2.36. The first-order valence-electron chi connectivity index (χ1n) is 10.8. The minimum Gasteiger partial charge on any atom is -0.461 e. The van der Waals surface area contributed by atoms with Crippen LogP contribution in [-0.2, 0) is 25.7 Å². The Balaban J connectivity index is 2.92. The number of hydrogen-bond donors (Lipinski definition) is 1. The highest BCUT2D eigenvalue weighted by atomic mass is 16.6. The van der Waals surface area contributed by atoms with Crippen LogP contribution in [0.15, 0.2) is 30.3 Å². The molecule has 5 nitrogen and oxygen atoms in total. The van der Waals surface area contributed by atoms with Gasteiger partial charge in [-0.1, -0.05) is 62.9 Å². The number of ether oxygens (including phenoxy) is 2. The number of rotatable bonds is 13. The Morgan fingerprint density at radius 1 is 0.931 bits per heavy atom. The molecule has 0 aromatic heterocycles. The normalized spacial score (nSPS) is 13.6. The molecule has 5 heteroatoms. The molecule has 1 aromatic rings. The third-order valence-electron chi connectivity index (χ3n) is 4.76. The van der Waals surface area contributed by atoms with E-state index in [-0.39, 0.29) is 25.2 Å². The van der Waals surface area contributed by atoms with E-state index in [0.717, 1.165) is 31.2 Å². The number of hydrogen-bond acceptors (Lipinski definition) is 5. The maximum atomic E-state index is 13.0. The summed E-state index contributed by atoms with van der Waals surface area (Å²) < 4.78 is 11.2. The Bertz CT molecular complexity index is 591. The van der Waals surface area contributed by atoms with Crippen LogP contribution >= 0.6 is 0 Å². The van der Waals surface area contributed by atoms with Crippen molar-refractivity contribution in [1.82, 2.24) is 0 Å². The van der Waals surface area contributed by atoms with Crippen molar-refractivity contribution in [3.63, 3.8) is 0 Å². The molecule has 1 N–H and O–H groups in total. The molecule has 0 aliphatic carbocycles. The molecule has 0 saturated carbocycles. The van der Waals surface area contributed by atoms with Crippen molar-refractivity contribution in [3.05, 3.63) is 35.9 Å². The van der Waals surface area contributed by atoms with Gasteiger partial charge in [0.25, 0.3) is 0 Å². The molecule has 0 unspecified atom stereocenters. The van der Waals surface area contributed by atoms with Gasteiger partial charge in [0.05, 0.1) is 11.8 Å². The molecule has 29 heavy (non-hydrogen) atoms. The summed E-state index contributed by atoms with van der Waals surface area (Å²) in [5.74, 6) is -1.91. The van der Waals surface area contributed by atoms with Gasteiger partial charge in [0.1, 0.15) is 12.2 Å². The van der Waals surface area contributed by atoms with E-state index < -0.39 is 17.4 Å². The Kier molecular flexibility index (Phi) is 11.6. The van der Waals surface area contributed by atoms with Gasteiger partial charge in [0.15, 0.2) is 0 Å². The van der Waals surface area contributed by atoms with Crippen molar-refractivity contribution in [1.29, 1.82) is 0 Å². The van der Waals surface area contributed by atoms with Gasteiger partial charge in [-0.05, 0) is 45.6 Å². The molecule has 0 saturated heterocycles. The molecule has 0 aliphatic rings. The summed E-state index contributed by atoms with van der Waals surface area (Å²) in [7, 11) is 0. The second-order valence-corrected chi connectivity index (χ2v) is 8.55. The van der Waals surface area contributed by atoms with E-state index in [0.29, 0.717) is 19.3 Å². The van der Waals surface area contributed by atoms with Gasteiger partial charge in [-0.2, -0.15) is 0 Å². The van der Waals surface area contributed by atoms with Crippen LogP contribution in [-0.4, -0.2) is 29.3 Å². The van der Waals surface area contributed by atoms with E-state index in [1.807, 2.05) is 51.1 Å².